The van der Waals surface area contributed by atoms with Crippen molar-refractivity contribution in [3.63, 3.8) is 0 Å². The molecule has 1 unspecified atom stereocenters. The predicted octanol–water partition coefficient (Wildman–Crippen LogP) is 4.66. The largest absolute Gasteiger partial charge is 0.493 e. The first-order valence-electron chi connectivity index (χ1n) is 9.68. The summed E-state index contributed by atoms with van der Waals surface area (Å²) in [5.74, 6) is 2.24. The zero-order valence-electron chi connectivity index (χ0n) is 16.6. The van der Waals surface area contributed by atoms with Crippen LogP contribution in [0.4, 0.5) is 0 Å². The molecule has 28 heavy (non-hydrogen) atoms. The molecule has 0 spiro atoms. The molecule has 1 N–H and O–H groups in total. The summed E-state index contributed by atoms with van der Waals surface area (Å²) in [5, 5.41) is 7.65. The average Bonchev–Trinajstić information content (AvgIpc) is 3.28. The Labute approximate surface area is 165 Å². The zero-order valence-corrected chi connectivity index (χ0v) is 16.6. The third kappa shape index (κ3) is 3.76. The maximum Gasteiger partial charge on any atom is 0.161 e. The fraction of sp³-hybridized carbons (Fsp3) is 0.348. The van der Waals surface area contributed by atoms with Gasteiger partial charge in [-0.3, -0.25) is 0 Å². The van der Waals surface area contributed by atoms with Crippen molar-refractivity contribution in [2.24, 2.45) is 0 Å². The van der Waals surface area contributed by atoms with Crippen LogP contribution >= 0.6 is 0 Å². The number of rotatable bonds is 7. The first-order chi connectivity index (χ1) is 13.7. The lowest BCUT2D eigenvalue weighted by atomic mass is 10.1. The van der Waals surface area contributed by atoms with Gasteiger partial charge in [0.2, 0.25) is 0 Å². The molecule has 0 amide bonds. The SMILES string of the molecule is COc1cc(CNC2CCc3ccccc32)ccc1OCc1c(C)noc1C. The lowest BCUT2D eigenvalue weighted by molar-refractivity contribution is 0.281. The molecule has 2 aromatic carbocycles. The van der Waals surface area contributed by atoms with Gasteiger partial charge < -0.3 is 19.3 Å². The maximum absolute atomic E-state index is 5.97. The molecule has 146 valence electrons. The van der Waals surface area contributed by atoms with Crippen molar-refractivity contribution in [1.29, 1.82) is 0 Å². The molecule has 4 rings (SSSR count). The van der Waals surface area contributed by atoms with Gasteiger partial charge in [-0.05, 0) is 55.5 Å². The Morgan fingerprint density at radius 1 is 1.14 bits per heavy atom. The summed E-state index contributed by atoms with van der Waals surface area (Å²) in [7, 11) is 1.67. The van der Waals surface area contributed by atoms with Gasteiger partial charge >= 0.3 is 0 Å². The average molecular weight is 378 g/mol. The van der Waals surface area contributed by atoms with Crippen LogP contribution in [0.15, 0.2) is 47.0 Å². The topological polar surface area (TPSA) is 56.5 Å². The predicted molar refractivity (Wildman–Crippen MR) is 108 cm³/mol. The van der Waals surface area contributed by atoms with Gasteiger partial charge in [-0.25, -0.2) is 0 Å². The third-order valence-electron chi connectivity index (χ3n) is 5.47. The summed E-state index contributed by atoms with van der Waals surface area (Å²) in [6.45, 7) is 5.02. The molecule has 0 bridgehead atoms. The van der Waals surface area contributed by atoms with E-state index in [-0.39, 0.29) is 0 Å². The normalized spacial score (nSPS) is 15.5. The minimum Gasteiger partial charge on any atom is -0.493 e. The van der Waals surface area contributed by atoms with Gasteiger partial charge in [0.1, 0.15) is 12.4 Å². The van der Waals surface area contributed by atoms with Crippen LogP contribution in [0.25, 0.3) is 0 Å². The summed E-state index contributed by atoms with van der Waals surface area (Å²) in [5.41, 5.74) is 5.89. The molecule has 0 saturated heterocycles. The van der Waals surface area contributed by atoms with Gasteiger partial charge in [-0.1, -0.05) is 35.5 Å². The van der Waals surface area contributed by atoms with Crippen LogP contribution in [0.2, 0.25) is 0 Å². The summed E-state index contributed by atoms with van der Waals surface area (Å²) < 4.78 is 16.7. The van der Waals surface area contributed by atoms with E-state index in [2.05, 4.69) is 40.8 Å². The van der Waals surface area contributed by atoms with Crippen LogP contribution in [0, 0.1) is 13.8 Å². The highest BCUT2D eigenvalue weighted by atomic mass is 16.5. The maximum atomic E-state index is 5.97. The molecular weight excluding hydrogens is 352 g/mol. The fourth-order valence-electron chi connectivity index (χ4n) is 3.81. The van der Waals surface area contributed by atoms with Crippen LogP contribution in [0.3, 0.4) is 0 Å². The van der Waals surface area contributed by atoms with Crippen molar-refractivity contribution in [1.82, 2.24) is 10.5 Å². The van der Waals surface area contributed by atoms with Crippen molar-refractivity contribution in [2.75, 3.05) is 7.11 Å². The van der Waals surface area contributed by atoms with E-state index in [1.807, 2.05) is 26.0 Å². The molecule has 1 aliphatic rings. The second kappa shape index (κ2) is 8.07. The van der Waals surface area contributed by atoms with E-state index in [1.54, 1.807) is 7.11 Å². The number of methoxy groups -OCH3 is 1. The third-order valence-corrected chi connectivity index (χ3v) is 5.47. The summed E-state index contributed by atoms with van der Waals surface area (Å²) in [6, 6.07) is 15.2. The summed E-state index contributed by atoms with van der Waals surface area (Å²) >= 11 is 0. The highest BCUT2D eigenvalue weighted by Gasteiger charge is 2.21. The Balaban J connectivity index is 1.41. The Morgan fingerprint density at radius 3 is 2.79 bits per heavy atom. The number of nitrogens with one attached hydrogen (secondary N) is 1. The Morgan fingerprint density at radius 2 is 2.00 bits per heavy atom. The van der Waals surface area contributed by atoms with E-state index < -0.39 is 0 Å². The Hall–Kier alpha value is -2.79. The molecule has 0 radical (unpaired) electrons. The summed E-state index contributed by atoms with van der Waals surface area (Å²) in [6.07, 6.45) is 2.29. The van der Waals surface area contributed by atoms with Crippen LogP contribution < -0.4 is 14.8 Å². The number of hydrogen-bond acceptors (Lipinski definition) is 5. The molecular formula is C23H26N2O3. The first kappa shape index (κ1) is 18.6. The molecule has 0 saturated carbocycles. The van der Waals surface area contributed by atoms with Gasteiger partial charge in [-0.2, -0.15) is 0 Å². The van der Waals surface area contributed by atoms with Crippen molar-refractivity contribution in [3.8, 4) is 11.5 Å². The van der Waals surface area contributed by atoms with Crippen LogP contribution in [0.1, 0.15) is 46.2 Å². The van der Waals surface area contributed by atoms with E-state index in [1.165, 1.54) is 16.7 Å². The molecule has 0 aliphatic heterocycles. The van der Waals surface area contributed by atoms with E-state index in [4.69, 9.17) is 14.0 Å². The van der Waals surface area contributed by atoms with Crippen LogP contribution in [-0.2, 0) is 19.6 Å². The Kier molecular flexibility index (Phi) is 5.35. The highest BCUT2D eigenvalue weighted by Crippen LogP contribution is 2.32. The number of fused-ring (bicyclic) bond motifs is 1. The van der Waals surface area contributed by atoms with Gasteiger partial charge in [-0.15, -0.1) is 0 Å². The second-order valence-corrected chi connectivity index (χ2v) is 7.25. The second-order valence-electron chi connectivity index (χ2n) is 7.25. The van der Waals surface area contributed by atoms with E-state index >= 15 is 0 Å². The smallest absolute Gasteiger partial charge is 0.161 e. The number of aromatic nitrogens is 1. The van der Waals surface area contributed by atoms with Crippen molar-refractivity contribution in [2.45, 2.75) is 45.9 Å². The number of nitrogens with zero attached hydrogens (tertiary/aromatic N) is 1. The lowest BCUT2D eigenvalue weighted by Gasteiger charge is -2.16. The molecule has 1 aliphatic carbocycles. The molecule has 3 aromatic rings. The van der Waals surface area contributed by atoms with E-state index in [0.717, 1.165) is 47.9 Å². The van der Waals surface area contributed by atoms with Crippen molar-refractivity contribution >= 4 is 0 Å². The molecule has 1 heterocycles. The number of aryl methyl sites for hydroxylation is 3. The quantitative estimate of drug-likeness (QED) is 0.648. The van der Waals surface area contributed by atoms with Gasteiger partial charge in [0, 0.05) is 12.6 Å². The zero-order chi connectivity index (χ0) is 19.5. The minimum absolute atomic E-state index is 0.411. The number of benzene rings is 2. The van der Waals surface area contributed by atoms with Crippen LogP contribution in [0.5, 0.6) is 11.5 Å². The first-order valence-corrected chi connectivity index (χ1v) is 9.68. The number of hydrogen-bond donors (Lipinski definition) is 1. The van der Waals surface area contributed by atoms with E-state index in [0.29, 0.717) is 12.6 Å². The van der Waals surface area contributed by atoms with Crippen molar-refractivity contribution < 1.29 is 14.0 Å². The van der Waals surface area contributed by atoms with Gasteiger partial charge in [0.25, 0.3) is 0 Å². The van der Waals surface area contributed by atoms with Gasteiger partial charge in [0.05, 0.1) is 18.4 Å². The van der Waals surface area contributed by atoms with Gasteiger partial charge in [0.15, 0.2) is 11.5 Å². The minimum atomic E-state index is 0.411. The van der Waals surface area contributed by atoms with E-state index in [9.17, 15) is 0 Å². The van der Waals surface area contributed by atoms with Crippen molar-refractivity contribution in [3.05, 3.63) is 76.2 Å². The Bertz CT molecular complexity index is 945. The molecule has 1 aromatic heterocycles. The molecule has 5 nitrogen and oxygen atoms in total. The monoisotopic (exact) mass is 378 g/mol. The highest BCUT2D eigenvalue weighted by molar-refractivity contribution is 5.43. The van der Waals surface area contributed by atoms with Crippen LogP contribution in [-0.4, -0.2) is 12.3 Å². The fourth-order valence-corrected chi connectivity index (χ4v) is 3.81. The molecule has 1 atom stereocenters. The number of ether oxygens (including phenoxy) is 2. The molecule has 0 fully saturated rings. The standard InChI is InChI=1S/C23H26N2O3/c1-15-20(16(2)28-25-15)14-27-22-11-8-17(12-23(22)26-3)13-24-21-10-9-18-6-4-5-7-19(18)21/h4-8,11-12,21,24H,9-10,13-14H2,1-3H3. The lowest BCUT2D eigenvalue weighted by Crippen LogP contribution is -2.18. The molecule has 5 heteroatoms. The summed E-state index contributed by atoms with van der Waals surface area (Å²) in [4.78, 5) is 0.